The van der Waals surface area contributed by atoms with Crippen molar-refractivity contribution in [1.29, 1.82) is 0 Å². The second-order valence-corrected chi connectivity index (χ2v) is 5.52. The van der Waals surface area contributed by atoms with Crippen LogP contribution in [0.2, 0.25) is 0 Å². The number of amides is 2. The predicted molar refractivity (Wildman–Crippen MR) is 89.2 cm³/mol. The van der Waals surface area contributed by atoms with Crippen LogP contribution in [-0.4, -0.2) is 25.5 Å². The summed E-state index contributed by atoms with van der Waals surface area (Å²) in [5.74, 6) is -2.53. The van der Waals surface area contributed by atoms with E-state index >= 15 is 0 Å². The SMILES string of the molecule is COC(CNC(=O)C(=O)Nc1ccc(C(F)(F)F)cc1)c1cccc(F)c1. The molecule has 0 aliphatic heterocycles. The normalized spacial score (nSPS) is 12.3. The van der Waals surface area contributed by atoms with Gasteiger partial charge in [0.2, 0.25) is 0 Å². The summed E-state index contributed by atoms with van der Waals surface area (Å²) >= 11 is 0. The molecule has 2 aromatic carbocycles. The van der Waals surface area contributed by atoms with Crippen LogP contribution in [0.25, 0.3) is 0 Å². The van der Waals surface area contributed by atoms with Crippen molar-refractivity contribution in [2.24, 2.45) is 0 Å². The highest BCUT2D eigenvalue weighted by atomic mass is 19.4. The van der Waals surface area contributed by atoms with Gasteiger partial charge in [-0.2, -0.15) is 13.2 Å². The van der Waals surface area contributed by atoms with Crippen LogP contribution in [0.3, 0.4) is 0 Å². The second-order valence-electron chi connectivity index (χ2n) is 5.52. The molecule has 2 rings (SSSR count). The number of alkyl halides is 3. The quantitative estimate of drug-likeness (QED) is 0.614. The van der Waals surface area contributed by atoms with Gasteiger partial charge in [0.1, 0.15) is 5.82 Å². The fraction of sp³-hybridized carbons (Fsp3) is 0.222. The van der Waals surface area contributed by atoms with Gasteiger partial charge in [-0.25, -0.2) is 4.39 Å². The first-order chi connectivity index (χ1) is 12.7. The third-order valence-electron chi connectivity index (χ3n) is 3.63. The molecule has 0 heterocycles. The van der Waals surface area contributed by atoms with Crippen molar-refractivity contribution in [3.8, 4) is 0 Å². The number of carbonyl (C=O) groups is 2. The van der Waals surface area contributed by atoms with Gasteiger partial charge in [0, 0.05) is 19.3 Å². The van der Waals surface area contributed by atoms with E-state index in [2.05, 4.69) is 10.6 Å². The summed E-state index contributed by atoms with van der Waals surface area (Å²) in [5.41, 5.74) is -0.361. The van der Waals surface area contributed by atoms with Crippen LogP contribution in [0.15, 0.2) is 48.5 Å². The van der Waals surface area contributed by atoms with E-state index in [4.69, 9.17) is 4.74 Å². The Bertz CT molecular complexity index is 807. The molecule has 2 amide bonds. The van der Waals surface area contributed by atoms with Gasteiger partial charge in [-0.15, -0.1) is 0 Å². The lowest BCUT2D eigenvalue weighted by atomic mass is 10.1. The van der Waals surface area contributed by atoms with E-state index in [1.165, 1.54) is 25.3 Å². The third kappa shape index (κ3) is 5.78. The fourth-order valence-electron chi connectivity index (χ4n) is 2.24. The molecule has 0 bridgehead atoms. The Hall–Kier alpha value is -2.94. The predicted octanol–water partition coefficient (Wildman–Crippen LogP) is 3.29. The zero-order valence-corrected chi connectivity index (χ0v) is 14.1. The Morgan fingerprint density at radius 1 is 1.07 bits per heavy atom. The minimum absolute atomic E-state index is 0.0385. The second kappa shape index (κ2) is 8.63. The summed E-state index contributed by atoms with van der Waals surface area (Å²) in [5, 5.41) is 4.52. The summed E-state index contributed by atoms with van der Waals surface area (Å²) in [6.45, 7) is -0.0980. The minimum atomic E-state index is -4.49. The fourth-order valence-corrected chi connectivity index (χ4v) is 2.24. The van der Waals surface area contributed by atoms with E-state index < -0.39 is 35.5 Å². The standard InChI is InChI=1S/C18H16F4N2O3/c1-27-15(11-3-2-4-13(19)9-11)10-23-16(25)17(26)24-14-7-5-12(6-8-14)18(20,21)22/h2-9,15H,10H2,1H3,(H,23,25)(H,24,26). The first-order valence-electron chi connectivity index (χ1n) is 7.75. The molecule has 1 atom stereocenters. The summed E-state index contributed by atoms with van der Waals surface area (Å²) in [6.07, 6.45) is -5.17. The highest BCUT2D eigenvalue weighted by Crippen LogP contribution is 2.29. The first kappa shape index (κ1) is 20.4. The molecule has 0 aliphatic rings. The average Bonchev–Trinajstić information content (AvgIpc) is 2.61. The summed E-state index contributed by atoms with van der Waals surface area (Å²) in [7, 11) is 1.37. The van der Waals surface area contributed by atoms with Crippen LogP contribution in [0.1, 0.15) is 17.2 Å². The Labute approximate surface area is 152 Å². The summed E-state index contributed by atoms with van der Waals surface area (Å²) < 4.78 is 55.9. The van der Waals surface area contributed by atoms with E-state index in [1.807, 2.05) is 0 Å². The molecule has 0 radical (unpaired) electrons. The van der Waals surface area contributed by atoms with Crippen molar-refractivity contribution in [3.63, 3.8) is 0 Å². The van der Waals surface area contributed by atoms with E-state index in [0.29, 0.717) is 5.56 Å². The monoisotopic (exact) mass is 384 g/mol. The van der Waals surface area contributed by atoms with Crippen LogP contribution >= 0.6 is 0 Å². The van der Waals surface area contributed by atoms with Crippen LogP contribution in [0.5, 0.6) is 0 Å². The van der Waals surface area contributed by atoms with E-state index in [0.717, 1.165) is 24.3 Å². The topological polar surface area (TPSA) is 67.4 Å². The molecule has 0 saturated heterocycles. The number of carbonyl (C=O) groups excluding carboxylic acids is 2. The van der Waals surface area contributed by atoms with Crippen LogP contribution in [0, 0.1) is 5.82 Å². The number of anilines is 1. The Balaban J connectivity index is 1.92. The van der Waals surface area contributed by atoms with Gasteiger partial charge in [-0.1, -0.05) is 12.1 Å². The molecular formula is C18H16F4N2O3. The minimum Gasteiger partial charge on any atom is -0.375 e. The van der Waals surface area contributed by atoms with Crippen molar-refractivity contribution in [3.05, 3.63) is 65.5 Å². The first-order valence-corrected chi connectivity index (χ1v) is 7.75. The maximum atomic E-state index is 13.3. The number of halogens is 4. The molecular weight excluding hydrogens is 368 g/mol. The van der Waals surface area contributed by atoms with Crippen molar-refractivity contribution < 1.29 is 31.9 Å². The molecule has 0 spiro atoms. The van der Waals surface area contributed by atoms with Crippen molar-refractivity contribution in [2.45, 2.75) is 12.3 Å². The number of benzene rings is 2. The van der Waals surface area contributed by atoms with Crippen molar-refractivity contribution >= 4 is 17.5 Å². The molecule has 5 nitrogen and oxygen atoms in total. The Morgan fingerprint density at radius 2 is 1.74 bits per heavy atom. The smallest absolute Gasteiger partial charge is 0.375 e. The molecule has 9 heteroatoms. The van der Waals surface area contributed by atoms with Gasteiger partial charge in [-0.3, -0.25) is 9.59 Å². The van der Waals surface area contributed by atoms with Crippen molar-refractivity contribution in [1.82, 2.24) is 5.32 Å². The summed E-state index contributed by atoms with van der Waals surface area (Å²) in [4.78, 5) is 23.7. The molecule has 2 N–H and O–H groups in total. The highest BCUT2D eigenvalue weighted by Gasteiger charge is 2.30. The van der Waals surface area contributed by atoms with Crippen LogP contribution in [-0.2, 0) is 20.5 Å². The Morgan fingerprint density at radius 3 is 2.30 bits per heavy atom. The highest BCUT2D eigenvalue weighted by molar-refractivity contribution is 6.39. The van der Waals surface area contributed by atoms with Gasteiger partial charge >= 0.3 is 18.0 Å². The maximum Gasteiger partial charge on any atom is 0.416 e. The number of hydrogen-bond donors (Lipinski definition) is 2. The average molecular weight is 384 g/mol. The zero-order chi connectivity index (χ0) is 20.0. The van der Waals surface area contributed by atoms with E-state index in [9.17, 15) is 27.2 Å². The molecule has 0 fully saturated rings. The molecule has 2 aromatic rings. The van der Waals surface area contributed by atoms with Crippen LogP contribution < -0.4 is 10.6 Å². The van der Waals surface area contributed by atoms with E-state index in [-0.39, 0.29) is 12.2 Å². The molecule has 1 unspecified atom stereocenters. The van der Waals surface area contributed by atoms with Gasteiger partial charge in [0.15, 0.2) is 0 Å². The summed E-state index contributed by atoms with van der Waals surface area (Å²) in [6, 6.07) is 9.24. The lowest BCUT2D eigenvalue weighted by Crippen LogP contribution is -2.38. The number of hydrogen-bond acceptors (Lipinski definition) is 3. The maximum absolute atomic E-state index is 13.3. The third-order valence-corrected chi connectivity index (χ3v) is 3.63. The molecule has 0 aliphatic carbocycles. The van der Waals surface area contributed by atoms with E-state index in [1.54, 1.807) is 6.07 Å². The molecule has 0 saturated carbocycles. The number of methoxy groups -OCH3 is 1. The number of rotatable bonds is 5. The van der Waals surface area contributed by atoms with Crippen molar-refractivity contribution in [2.75, 3.05) is 19.0 Å². The number of ether oxygens (including phenoxy) is 1. The molecule has 144 valence electrons. The van der Waals surface area contributed by atoms with Crippen LogP contribution in [0.4, 0.5) is 23.2 Å². The van der Waals surface area contributed by atoms with Gasteiger partial charge in [-0.05, 0) is 42.0 Å². The number of nitrogens with one attached hydrogen (secondary N) is 2. The largest absolute Gasteiger partial charge is 0.416 e. The molecule has 27 heavy (non-hydrogen) atoms. The Kier molecular flexibility index (Phi) is 6.51. The lowest BCUT2D eigenvalue weighted by Gasteiger charge is -2.16. The van der Waals surface area contributed by atoms with Gasteiger partial charge in [0.25, 0.3) is 0 Å². The zero-order valence-electron chi connectivity index (χ0n) is 14.1. The van der Waals surface area contributed by atoms with Gasteiger partial charge in [0.05, 0.1) is 11.7 Å². The lowest BCUT2D eigenvalue weighted by molar-refractivity contribution is -0.137. The molecule has 0 aromatic heterocycles. The van der Waals surface area contributed by atoms with Gasteiger partial charge < -0.3 is 15.4 Å².